The van der Waals surface area contributed by atoms with Gasteiger partial charge in [-0.25, -0.2) is 0 Å². The van der Waals surface area contributed by atoms with Crippen molar-refractivity contribution in [1.82, 2.24) is 5.16 Å². The van der Waals surface area contributed by atoms with Gasteiger partial charge in [-0.15, -0.1) is 0 Å². The summed E-state index contributed by atoms with van der Waals surface area (Å²) in [4.78, 5) is 0. The molecular formula is C9H6Cl2N2O. The van der Waals surface area contributed by atoms with Gasteiger partial charge in [0.05, 0.1) is 5.02 Å². The Kier molecular flexibility index (Phi) is 2.35. The Hall–Kier alpha value is -1.19. The van der Waals surface area contributed by atoms with Crippen LogP contribution in [0.15, 0.2) is 28.8 Å². The maximum absolute atomic E-state index is 5.95. The number of nitrogens with zero attached hydrogens (tertiary/aromatic N) is 1. The summed E-state index contributed by atoms with van der Waals surface area (Å²) in [6.07, 6.45) is 0. The molecule has 5 heteroatoms. The van der Waals surface area contributed by atoms with Crippen molar-refractivity contribution in [2.45, 2.75) is 0 Å². The zero-order valence-corrected chi connectivity index (χ0v) is 8.51. The van der Waals surface area contributed by atoms with E-state index in [4.69, 9.17) is 33.5 Å². The smallest absolute Gasteiger partial charge is 0.189 e. The fourth-order valence-corrected chi connectivity index (χ4v) is 1.50. The molecule has 0 fully saturated rings. The van der Waals surface area contributed by atoms with Gasteiger partial charge in [-0.05, 0) is 12.1 Å². The minimum Gasteiger partial charge on any atom is -0.380 e. The molecule has 2 aromatic rings. The molecule has 0 saturated heterocycles. The minimum atomic E-state index is 0.168. The van der Waals surface area contributed by atoms with Crippen LogP contribution in [-0.4, -0.2) is 5.16 Å². The lowest BCUT2D eigenvalue weighted by Gasteiger charge is -1.98. The Morgan fingerprint density at radius 1 is 1.21 bits per heavy atom. The van der Waals surface area contributed by atoms with Gasteiger partial charge in [0.25, 0.3) is 0 Å². The van der Waals surface area contributed by atoms with Crippen molar-refractivity contribution < 1.29 is 4.52 Å². The van der Waals surface area contributed by atoms with Gasteiger partial charge in [0.2, 0.25) is 0 Å². The van der Waals surface area contributed by atoms with E-state index in [0.717, 1.165) is 0 Å². The number of benzene rings is 1. The number of halogens is 2. The molecule has 0 atom stereocenters. The Morgan fingerprint density at radius 3 is 2.50 bits per heavy atom. The number of nitrogens with two attached hydrogens (primary N) is 1. The van der Waals surface area contributed by atoms with Gasteiger partial charge in [0.1, 0.15) is 5.02 Å². The minimum absolute atomic E-state index is 0.168. The molecule has 0 unspecified atom stereocenters. The van der Waals surface area contributed by atoms with Crippen LogP contribution in [0.2, 0.25) is 10.0 Å². The lowest BCUT2D eigenvalue weighted by atomic mass is 10.2. The third kappa shape index (κ3) is 1.45. The average molecular weight is 229 g/mol. The molecule has 0 aliphatic rings. The molecule has 2 N–H and O–H groups in total. The summed E-state index contributed by atoms with van der Waals surface area (Å²) >= 11 is 11.8. The highest BCUT2D eigenvalue weighted by atomic mass is 35.5. The number of aromatic nitrogens is 1. The highest BCUT2D eigenvalue weighted by molar-refractivity contribution is 6.37. The molecule has 0 amide bonds. The second-order valence-electron chi connectivity index (χ2n) is 2.69. The monoisotopic (exact) mass is 228 g/mol. The van der Waals surface area contributed by atoms with E-state index in [1.54, 1.807) is 12.1 Å². The number of hydrogen-bond donors (Lipinski definition) is 1. The van der Waals surface area contributed by atoms with E-state index in [2.05, 4.69) is 5.16 Å². The molecule has 0 radical (unpaired) electrons. The lowest BCUT2D eigenvalue weighted by Crippen LogP contribution is -1.83. The number of hydrogen-bond acceptors (Lipinski definition) is 3. The van der Waals surface area contributed by atoms with E-state index in [-0.39, 0.29) is 10.8 Å². The maximum atomic E-state index is 5.95. The van der Waals surface area contributed by atoms with E-state index in [0.29, 0.717) is 16.3 Å². The maximum Gasteiger partial charge on any atom is 0.189 e. The Labute approximate surface area is 90.4 Å². The predicted molar refractivity (Wildman–Crippen MR) is 56.4 cm³/mol. The van der Waals surface area contributed by atoms with E-state index in [1.807, 2.05) is 12.1 Å². The molecule has 72 valence electrons. The van der Waals surface area contributed by atoms with Crippen molar-refractivity contribution in [3.05, 3.63) is 34.3 Å². The zero-order valence-electron chi connectivity index (χ0n) is 7.00. The van der Waals surface area contributed by atoms with Crippen molar-refractivity contribution in [2.24, 2.45) is 0 Å². The highest BCUT2D eigenvalue weighted by Crippen LogP contribution is 2.35. The summed E-state index contributed by atoms with van der Waals surface area (Å²) in [5.74, 6) is 0.566. The fraction of sp³-hybridized carbons (Fsp3) is 0. The van der Waals surface area contributed by atoms with E-state index in [9.17, 15) is 0 Å². The van der Waals surface area contributed by atoms with Crippen LogP contribution in [-0.2, 0) is 0 Å². The molecule has 0 spiro atoms. The van der Waals surface area contributed by atoms with Crippen LogP contribution in [0.3, 0.4) is 0 Å². The molecule has 0 aliphatic carbocycles. The van der Waals surface area contributed by atoms with Crippen molar-refractivity contribution >= 4 is 29.0 Å². The van der Waals surface area contributed by atoms with Crippen LogP contribution in [0.5, 0.6) is 0 Å². The Balaban J connectivity index is 2.60. The van der Waals surface area contributed by atoms with Gasteiger partial charge in [-0.2, -0.15) is 0 Å². The zero-order chi connectivity index (χ0) is 10.1. The van der Waals surface area contributed by atoms with Crippen LogP contribution >= 0.6 is 23.2 Å². The SMILES string of the molecule is Nc1noc(-c2ccccc2Cl)c1Cl. The number of anilines is 1. The molecule has 1 heterocycles. The number of rotatable bonds is 1. The first kappa shape index (κ1) is 9.37. The third-order valence-electron chi connectivity index (χ3n) is 1.78. The summed E-state index contributed by atoms with van der Waals surface area (Å²) in [6.45, 7) is 0. The second kappa shape index (κ2) is 3.52. The van der Waals surface area contributed by atoms with Crippen LogP contribution in [0.4, 0.5) is 5.82 Å². The molecule has 1 aromatic heterocycles. The standard InChI is InChI=1S/C9H6Cl2N2O/c10-6-4-2-1-3-5(6)8-7(11)9(12)13-14-8/h1-4H,(H2,12,13). The van der Waals surface area contributed by atoms with E-state index >= 15 is 0 Å². The second-order valence-corrected chi connectivity index (χ2v) is 3.48. The first-order valence-electron chi connectivity index (χ1n) is 3.85. The van der Waals surface area contributed by atoms with Crippen molar-refractivity contribution in [1.29, 1.82) is 0 Å². The normalized spacial score (nSPS) is 10.4. The first-order valence-corrected chi connectivity index (χ1v) is 4.61. The Bertz CT molecular complexity index is 468. The van der Waals surface area contributed by atoms with Gasteiger partial charge in [0.15, 0.2) is 11.6 Å². The molecular weight excluding hydrogens is 223 g/mol. The predicted octanol–water partition coefficient (Wildman–Crippen LogP) is 3.23. The summed E-state index contributed by atoms with van der Waals surface area (Å²) in [5.41, 5.74) is 6.13. The Morgan fingerprint density at radius 2 is 1.93 bits per heavy atom. The van der Waals surface area contributed by atoms with Crippen molar-refractivity contribution in [3.63, 3.8) is 0 Å². The quantitative estimate of drug-likeness (QED) is 0.816. The molecule has 1 aromatic carbocycles. The van der Waals surface area contributed by atoms with E-state index in [1.165, 1.54) is 0 Å². The summed E-state index contributed by atoms with van der Waals surface area (Å²) in [6, 6.07) is 7.18. The first-order chi connectivity index (χ1) is 6.70. The molecule has 0 bridgehead atoms. The molecule has 3 nitrogen and oxygen atoms in total. The van der Waals surface area contributed by atoms with Crippen LogP contribution in [0, 0.1) is 0 Å². The van der Waals surface area contributed by atoms with Crippen LogP contribution in [0.25, 0.3) is 11.3 Å². The van der Waals surface area contributed by atoms with Gasteiger partial charge in [-0.1, -0.05) is 40.5 Å². The summed E-state index contributed by atoms with van der Waals surface area (Å²) < 4.78 is 4.97. The van der Waals surface area contributed by atoms with Crippen LogP contribution < -0.4 is 5.73 Å². The molecule has 0 saturated carbocycles. The molecule has 14 heavy (non-hydrogen) atoms. The average Bonchev–Trinajstić information content (AvgIpc) is 2.49. The van der Waals surface area contributed by atoms with Gasteiger partial charge in [-0.3, -0.25) is 0 Å². The van der Waals surface area contributed by atoms with Gasteiger partial charge in [0, 0.05) is 5.56 Å². The summed E-state index contributed by atoms with van der Waals surface area (Å²) in [7, 11) is 0. The largest absolute Gasteiger partial charge is 0.380 e. The van der Waals surface area contributed by atoms with Crippen molar-refractivity contribution in [3.8, 4) is 11.3 Å². The molecule has 2 rings (SSSR count). The highest BCUT2D eigenvalue weighted by Gasteiger charge is 2.15. The van der Waals surface area contributed by atoms with Gasteiger partial charge < -0.3 is 10.3 Å². The van der Waals surface area contributed by atoms with Crippen molar-refractivity contribution in [2.75, 3.05) is 5.73 Å². The topological polar surface area (TPSA) is 52.0 Å². The summed E-state index contributed by atoms with van der Waals surface area (Å²) in [5, 5.41) is 4.38. The van der Waals surface area contributed by atoms with E-state index < -0.39 is 0 Å². The third-order valence-corrected chi connectivity index (χ3v) is 2.47. The number of nitrogen functional groups attached to an aromatic ring is 1. The lowest BCUT2D eigenvalue weighted by molar-refractivity contribution is 0.436. The van der Waals surface area contributed by atoms with Gasteiger partial charge >= 0.3 is 0 Å². The fourth-order valence-electron chi connectivity index (χ4n) is 1.10. The molecule has 0 aliphatic heterocycles. The van der Waals surface area contributed by atoms with Crippen LogP contribution in [0.1, 0.15) is 0 Å².